The number of aromatic nitrogens is 2. The van der Waals surface area contributed by atoms with Gasteiger partial charge in [0.15, 0.2) is 0 Å². The Labute approximate surface area is 195 Å². The van der Waals surface area contributed by atoms with E-state index in [1.54, 1.807) is 55.9 Å². The number of amides is 2. The number of hydrogen-bond acceptors (Lipinski definition) is 3. The highest BCUT2D eigenvalue weighted by molar-refractivity contribution is 6.08. The molecule has 0 spiro atoms. The second-order valence-corrected chi connectivity index (χ2v) is 7.85. The predicted molar refractivity (Wildman–Crippen MR) is 129 cm³/mol. The predicted octanol–water partition coefficient (Wildman–Crippen LogP) is 4.44. The zero-order chi connectivity index (χ0) is 24.4. The first kappa shape index (κ1) is 22.7. The molecule has 1 heterocycles. The van der Waals surface area contributed by atoms with Crippen LogP contribution in [0.2, 0.25) is 0 Å². The SMILES string of the molecule is Cc1ccc(C(=O)Nc2c(C)n(C)n(-c3ccccc3)c2=O)cc1NC(=O)c1ccccc1F. The Morgan fingerprint density at radius 2 is 1.53 bits per heavy atom. The third-order valence-corrected chi connectivity index (χ3v) is 5.66. The molecule has 1 aromatic heterocycles. The van der Waals surface area contributed by atoms with Crippen molar-refractivity contribution < 1.29 is 14.0 Å². The average molecular weight is 458 g/mol. The molecule has 0 aliphatic heterocycles. The quantitative estimate of drug-likeness (QED) is 0.464. The highest BCUT2D eigenvalue weighted by Gasteiger charge is 2.20. The van der Waals surface area contributed by atoms with Crippen LogP contribution >= 0.6 is 0 Å². The standard InChI is InChI=1S/C26H23FN4O3/c1-16-13-14-18(15-22(16)28-25(33)20-11-7-8-12-21(20)27)24(32)29-23-17(2)30(3)31(26(23)34)19-9-5-4-6-10-19/h4-15H,1-3H3,(H,28,33)(H,29,32). The number of nitrogens with one attached hydrogen (secondary N) is 2. The summed E-state index contributed by atoms with van der Waals surface area (Å²) in [6.07, 6.45) is 0. The third-order valence-electron chi connectivity index (χ3n) is 5.66. The Bertz CT molecular complexity index is 1450. The lowest BCUT2D eigenvalue weighted by Crippen LogP contribution is -2.23. The van der Waals surface area contributed by atoms with E-state index in [1.807, 2.05) is 18.2 Å². The van der Waals surface area contributed by atoms with Crippen LogP contribution in [0.3, 0.4) is 0 Å². The zero-order valence-electron chi connectivity index (χ0n) is 18.9. The van der Waals surface area contributed by atoms with Crippen molar-refractivity contribution >= 4 is 23.2 Å². The molecule has 4 aromatic rings. The van der Waals surface area contributed by atoms with Gasteiger partial charge in [-0.25, -0.2) is 9.07 Å². The van der Waals surface area contributed by atoms with Gasteiger partial charge in [-0.2, -0.15) is 0 Å². The molecule has 8 heteroatoms. The number of carbonyl (C=O) groups is 2. The van der Waals surface area contributed by atoms with Gasteiger partial charge >= 0.3 is 0 Å². The maximum absolute atomic E-state index is 14.0. The van der Waals surface area contributed by atoms with E-state index in [0.717, 1.165) is 0 Å². The molecule has 0 fully saturated rings. The summed E-state index contributed by atoms with van der Waals surface area (Å²) in [7, 11) is 1.74. The average Bonchev–Trinajstić information content (AvgIpc) is 3.04. The molecule has 0 radical (unpaired) electrons. The first-order chi connectivity index (χ1) is 16.3. The summed E-state index contributed by atoms with van der Waals surface area (Å²) < 4.78 is 17.1. The summed E-state index contributed by atoms with van der Waals surface area (Å²) in [6.45, 7) is 3.50. The monoisotopic (exact) mass is 458 g/mol. The van der Waals surface area contributed by atoms with Gasteiger partial charge in [0.25, 0.3) is 17.4 Å². The van der Waals surface area contributed by atoms with Crippen LogP contribution in [0.25, 0.3) is 5.69 Å². The van der Waals surface area contributed by atoms with E-state index in [2.05, 4.69) is 10.6 Å². The Hall–Kier alpha value is -4.46. The molecule has 0 aliphatic carbocycles. The first-order valence-corrected chi connectivity index (χ1v) is 10.6. The van der Waals surface area contributed by atoms with Crippen LogP contribution in [0.15, 0.2) is 77.6 Å². The summed E-state index contributed by atoms with van der Waals surface area (Å²) in [6, 6.07) is 19.5. The molecule has 4 rings (SSSR count). The largest absolute Gasteiger partial charge is 0.322 e. The van der Waals surface area contributed by atoms with Crippen molar-refractivity contribution in [2.45, 2.75) is 13.8 Å². The van der Waals surface area contributed by atoms with E-state index in [0.29, 0.717) is 22.6 Å². The van der Waals surface area contributed by atoms with Gasteiger partial charge < -0.3 is 10.6 Å². The van der Waals surface area contributed by atoms with Gasteiger partial charge in [0, 0.05) is 18.3 Å². The van der Waals surface area contributed by atoms with Crippen LogP contribution in [0.5, 0.6) is 0 Å². The van der Waals surface area contributed by atoms with Crippen LogP contribution in [-0.2, 0) is 7.05 Å². The topological polar surface area (TPSA) is 85.1 Å². The van der Waals surface area contributed by atoms with Crippen molar-refractivity contribution in [3.63, 3.8) is 0 Å². The van der Waals surface area contributed by atoms with Crippen LogP contribution < -0.4 is 16.2 Å². The molecule has 0 atom stereocenters. The molecule has 0 saturated heterocycles. The van der Waals surface area contributed by atoms with Crippen molar-refractivity contribution in [3.05, 3.63) is 111 Å². The summed E-state index contributed by atoms with van der Waals surface area (Å²) in [5, 5.41) is 5.36. The Kier molecular flexibility index (Phi) is 6.14. The molecule has 2 N–H and O–H groups in total. The summed E-state index contributed by atoms with van der Waals surface area (Å²) in [5.74, 6) is -1.77. The molecule has 0 unspecified atom stereocenters. The Morgan fingerprint density at radius 1 is 0.853 bits per heavy atom. The van der Waals surface area contributed by atoms with Crippen molar-refractivity contribution in [3.8, 4) is 5.69 Å². The van der Waals surface area contributed by atoms with Crippen LogP contribution in [0.4, 0.5) is 15.8 Å². The summed E-state index contributed by atoms with van der Waals surface area (Å²) in [4.78, 5) is 38.6. The molecule has 0 aliphatic rings. The van der Waals surface area contributed by atoms with E-state index in [9.17, 15) is 18.8 Å². The van der Waals surface area contributed by atoms with Gasteiger partial charge in [0.05, 0.1) is 16.9 Å². The molecule has 34 heavy (non-hydrogen) atoms. The first-order valence-electron chi connectivity index (χ1n) is 10.6. The number of halogens is 1. The second-order valence-electron chi connectivity index (χ2n) is 7.85. The number of nitrogens with zero attached hydrogens (tertiary/aromatic N) is 2. The van der Waals surface area contributed by atoms with Crippen molar-refractivity contribution in [1.29, 1.82) is 0 Å². The molecule has 0 saturated carbocycles. The molecular formula is C26H23FN4O3. The third kappa shape index (κ3) is 4.25. The minimum atomic E-state index is -0.638. The van der Waals surface area contributed by atoms with Gasteiger partial charge in [-0.05, 0) is 55.8 Å². The van der Waals surface area contributed by atoms with Crippen LogP contribution in [0, 0.1) is 19.7 Å². The number of para-hydroxylation sites is 1. The number of rotatable bonds is 5. The van der Waals surface area contributed by atoms with E-state index in [4.69, 9.17) is 0 Å². The van der Waals surface area contributed by atoms with E-state index >= 15 is 0 Å². The molecule has 172 valence electrons. The fraction of sp³-hybridized carbons (Fsp3) is 0.115. The number of hydrogen-bond donors (Lipinski definition) is 2. The Balaban J connectivity index is 1.61. The van der Waals surface area contributed by atoms with Crippen LogP contribution in [-0.4, -0.2) is 21.2 Å². The molecule has 7 nitrogen and oxygen atoms in total. The lowest BCUT2D eigenvalue weighted by atomic mass is 10.1. The number of aryl methyl sites for hydroxylation is 1. The Morgan fingerprint density at radius 3 is 2.24 bits per heavy atom. The van der Waals surface area contributed by atoms with Gasteiger partial charge in [-0.1, -0.05) is 36.4 Å². The maximum Gasteiger partial charge on any atom is 0.295 e. The minimum Gasteiger partial charge on any atom is -0.322 e. The van der Waals surface area contributed by atoms with Gasteiger partial charge in [0.1, 0.15) is 11.5 Å². The fourth-order valence-electron chi connectivity index (χ4n) is 3.63. The summed E-state index contributed by atoms with van der Waals surface area (Å²) >= 11 is 0. The maximum atomic E-state index is 14.0. The van der Waals surface area contributed by atoms with Crippen molar-refractivity contribution in [1.82, 2.24) is 9.36 Å². The zero-order valence-corrected chi connectivity index (χ0v) is 18.9. The van der Waals surface area contributed by atoms with E-state index in [-0.39, 0.29) is 22.4 Å². The van der Waals surface area contributed by atoms with Crippen molar-refractivity contribution in [2.24, 2.45) is 7.05 Å². The smallest absolute Gasteiger partial charge is 0.295 e. The normalized spacial score (nSPS) is 10.7. The number of anilines is 2. The van der Waals surface area contributed by atoms with Crippen molar-refractivity contribution in [2.75, 3.05) is 10.6 Å². The summed E-state index contributed by atoms with van der Waals surface area (Å²) in [5.41, 5.74) is 2.26. The van der Waals surface area contributed by atoms with Gasteiger partial charge in [0.2, 0.25) is 0 Å². The number of benzene rings is 3. The van der Waals surface area contributed by atoms with Gasteiger partial charge in [-0.15, -0.1) is 0 Å². The molecule has 3 aromatic carbocycles. The van der Waals surface area contributed by atoms with E-state index in [1.165, 1.54) is 28.9 Å². The highest BCUT2D eigenvalue weighted by atomic mass is 19.1. The lowest BCUT2D eigenvalue weighted by Gasteiger charge is -2.11. The van der Waals surface area contributed by atoms with Gasteiger partial charge in [-0.3, -0.25) is 19.1 Å². The highest BCUT2D eigenvalue weighted by Crippen LogP contribution is 2.21. The second kappa shape index (κ2) is 9.19. The minimum absolute atomic E-state index is 0.0990. The fourth-order valence-corrected chi connectivity index (χ4v) is 3.63. The van der Waals surface area contributed by atoms with Crippen LogP contribution in [0.1, 0.15) is 32.0 Å². The number of carbonyl (C=O) groups excluding carboxylic acids is 2. The van der Waals surface area contributed by atoms with E-state index < -0.39 is 17.6 Å². The molecule has 2 amide bonds. The lowest BCUT2D eigenvalue weighted by molar-refractivity contribution is 0.101. The molecular weight excluding hydrogens is 435 g/mol. The molecule has 0 bridgehead atoms.